The molecule has 2 rings (SSSR count). The first kappa shape index (κ1) is 9.39. The van der Waals surface area contributed by atoms with Crippen molar-refractivity contribution in [2.24, 2.45) is 0 Å². The van der Waals surface area contributed by atoms with Gasteiger partial charge in [0, 0.05) is 12.3 Å². The van der Waals surface area contributed by atoms with Crippen LogP contribution >= 0.6 is 0 Å². The Kier molecular flexibility index (Phi) is 2.45. The van der Waals surface area contributed by atoms with E-state index < -0.39 is 11.8 Å². The number of halogens is 1. The van der Waals surface area contributed by atoms with Crippen molar-refractivity contribution >= 4 is 5.97 Å². The molecule has 0 saturated carbocycles. The molecule has 0 unspecified atom stereocenters. The van der Waals surface area contributed by atoms with Gasteiger partial charge in [0.25, 0.3) is 0 Å². The quantitative estimate of drug-likeness (QED) is 0.707. The number of carbonyl (C=O) groups is 1. The Morgan fingerprint density at radius 3 is 3.00 bits per heavy atom. The average molecular weight is 207 g/mol. The van der Waals surface area contributed by atoms with Crippen LogP contribution in [0.2, 0.25) is 0 Å². The van der Waals surface area contributed by atoms with Crippen LogP contribution in [-0.4, -0.2) is 11.0 Å². The van der Waals surface area contributed by atoms with Crippen molar-refractivity contribution < 1.29 is 18.3 Å². The van der Waals surface area contributed by atoms with E-state index in [1.165, 1.54) is 24.6 Å². The number of carbonyl (C=O) groups excluding carboxylic acids is 1. The topological polar surface area (TPSA) is 52.3 Å². The van der Waals surface area contributed by atoms with E-state index in [-0.39, 0.29) is 11.5 Å². The Hall–Kier alpha value is -2.17. The Bertz CT molecular complexity index is 467. The van der Waals surface area contributed by atoms with Gasteiger partial charge in [0.15, 0.2) is 11.6 Å². The van der Waals surface area contributed by atoms with Gasteiger partial charge in [-0.25, -0.2) is 9.18 Å². The van der Waals surface area contributed by atoms with Gasteiger partial charge < -0.3 is 9.15 Å². The Labute approximate surface area is 84.3 Å². The summed E-state index contributed by atoms with van der Waals surface area (Å²) in [6.07, 6.45) is 3.62. The zero-order valence-electron chi connectivity index (χ0n) is 7.51. The lowest BCUT2D eigenvalue weighted by atomic mass is 10.4. The Morgan fingerprint density at radius 1 is 1.47 bits per heavy atom. The first-order chi connectivity index (χ1) is 7.27. The number of pyridine rings is 1. The van der Waals surface area contributed by atoms with E-state index in [1.807, 2.05) is 0 Å². The molecule has 76 valence electrons. The summed E-state index contributed by atoms with van der Waals surface area (Å²) in [5, 5.41) is 0. The summed E-state index contributed by atoms with van der Waals surface area (Å²) in [5.74, 6) is -1.60. The van der Waals surface area contributed by atoms with Crippen molar-refractivity contribution in [2.75, 3.05) is 0 Å². The second kappa shape index (κ2) is 3.91. The van der Waals surface area contributed by atoms with Crippen LogP contribution in [0.25, 0.3) is 0 Å². The van der Waals surface area contributed by atoms with Gasteiger partial charge in [0.1, 0.15) is 0 Å². The fraction of sp³-hybridized carbons (Fsp3) is 0. The zero-order valence-corrected chi connectivity index (χ0v) is 7.51. The van der Waals surface area contributed by atoms with Crippen LogP contribution in [0.4, 0.5) is 4.39 Å². The molecule has 0 saturated heterocycles. The summed E-state index contributed by atoms with van der Waals surface area (Å²) in [4.78, 5) is 14.8. The molecular formula is C10H6FNO3. The molecule has 2 heterocycles. The number of aromatic nitrogens is 1. The number of nitrogens with zero attached hydrogens (tertiary/aromatic N) is 1. The fourth-order valence-corrected chi connectivity index (χ4v) is 0.990. The molecule has 0 spiro atoms. The molecule has 0 aromatic carbocycles. The molecular weight excluding hydrogens is 201 g/mol. The van der Waals surface area contributed by atoms with Gasteiger partial charge in [-0.15, -0.1) is 0 Å². The van der Waals surface area contributed by atoms with Gasteiger partial charge >= 0.3 is 5.97 Å². The average Bonchev–Trinajstić information content (AvgIpc) is 2.74. The van der Waals surface area contributed by atoms with Crippen molar-refractivity contribution in [3.8, 4) is 5.75 Å². The summed E-state index contributed by atoms with van der Waals surface area (Å²) < 4.78 is 22.6. The molecule has 2 aromatic heterocycles. The molecule has 5 heteroatoms. The minimum atomic E-state index is -0.745. The molecule has 15 heavy (non-hydrogen) atoms. The maximum absolute atomic E-state index is 13.0. The largest absolute Gasteiger partial charge is 0.457 e. The zero-order chi connectivity index (χ0) is 10.7. The minimum Gasteiger partial charge on any atom is -0.457 e. The van der Waals surface area contributed by atoms with E-state index in [4.69, 9.17) is 9.15 Å². The lowest BCUT2D eigenvalue weighted by molar-refractivity contribution is 0.0694. The van der Waals surface area contributed by atoms with Crippen molar-refractivity contribution in [2.45, 2.75) is 0 Å². The number of furan rings is 1. The fourth-order valence-electron chi connectivity index (χ4n) is 0.990. The minimum absolute atomic E-state index is 0.0196. The molecule has 0 atom stereocenters. The van der Waals surface area contributed by atoms with Gasteiger partial charge in [0.2, 0.25) is 5.76 Å². The summed E-state index contributed by atoms with van der Waals surface area (Å²) >= 11 is 0. The molecule has 0 aliphatic rings. The molecule has 0 aliphatic heterocycles. The standard InChI is InChI=1S/C10H6FNO3/c11-7-6-12-4-3-8(7)15-10(13)9-2-1-5-14-9/h1-6H. The molecule has 0 N–H and O–H groups in total. The molecule has 0 fully saturated rings. The monoisotopic (exact) mass is 207 g/mol. The number of esters is 1. The highest BCUT2D eigenvalue weighted by Gasteiger charge is 2.13. The summed E-state index contributed by atoms with van der Waals surface area (Å²) in [5.41, 5.74) is 0. The second-order valence-corrected chi connectivity index (χ2v) is 2.67. The van der Waals surface area contributed by atoms with Gasteiger partial charge in [-0.2, -0.15) is 0 Å². The van der Waals surface area contributed by atoms with E-state index in [0.717, 1.165) is 6.20 Å². The van der Waals surface area contributed by atoms with Gasteiger partial charge in [-0.3, -0.25) is 4.98 Å². The van der Waals surface area contributed by atoms with Crippen molar-refractivity contribution in [3.63, 3.8) is 0 Å². The third kappa shape index (κ3) is 2.01. The van der Waals surface area contributed by atoms with Gasteiger partial charge in [0.05, 0.1) is 12.5 Å². The first-order valence-corrected chi connectivity index (χ1v) is 4.12. The normalized spacial score (nSPS) is 9.93. The third-order valence-corrected chi connectivity index (χ3v) is 1.66. The van der Waals surface area contributed by atoms with E-state index in [9.17, 15) is 9.18 Å². The lowest BCUT2D eigenvalue weighted by Crippen LogP contribution is -2.08. The van der Waals surface area contributed by atoms with Crippen LogP contribution in [0, 0.1) is 5.82 Å². The van der Waals surface area contributed by atoms with Gasteiger partial charge in [-0.1, -0.05) is 0 Å². The summed E-state index contributed by atoms with van der Waals surface area (Å²) in [7, 11) is 0. The summed E-state index contributed by atoms with van der Waals surface area (Å²) in [6.45, 7) is 0. The van der Waals surface area contributed by atoms with Gasteiger partial charge in [-0.05, 0) is 12.1 Å². The number of rotatable bonds is 2. The SMILES string of the molecule is O=C(Oc1ccncc1F)c1ccco1. The highest BCUT2D eigenvalue weighted by Crippen LogP contribution is 2.15. The van der Waals surface area contributed by atoms with Crippen molar-refractivity contribution in [1.29, 1.82) is 0 Å². The van der Waals surface area contributed by atoms with Crippen LogP contribution < -0.4 is 4.74 Å². The maximum atomic E-state index is 13.0. The van der Waals surface area contributed by atoms with E-state index >= 15 is 0 Å². The first-order valence-electron chi connectivity index (χ1n) is 4.12. The second-order valence-electron chi connectivity index (χ2n) is 2.67. The highest BCUT2D eigenvalue weighted by atomic mass is 19.1. The molecule has 2 aromatic rings. The number of hydrogen-bond acceptors (Lipinski definition) is 4. The van der Waals surface area contributed by atoms with Crippen molar-refractivity contribution in [1.82, 2.24) is 4.98 Å². The highest BCUT2D eigenvalue weighted by molar-refractivity contribution is 5.88. The molecule has 0 bridgehead atoms. The predicted octanol–water partition coefficient (Wildman–Crippen LogP) is 2.03. The Morgan fingerprint density at radius 2 is 2.33 bits per heavy atom. The maximum Gasteiger partial charge on any atom is 0.379 e. The smallest absolute Gasteiger partial charge is 0.379 e. The van der Waals surface area contributed by atoms with E-state index in [0.29, 0.717) is 0 Å². The molecule has 4 nitrogen and oxygen atoms in total. The van der Waals surface area contributed by atoms with Crippen LogP contribution in [0.3, 0.4) is 0 Å². The van der Waals surface area contributed by atoms with Crippen LogP contribution in [0.1, 0.15) is 10.6 Å². The van der Waals surface area contributed by atoms with E-state index in [1.54, 1.807) is 6.07 Å². The number of hydrogen-bond donors (Lipinski definition) is 0. The molecule has 0 amide bonds. The van der Waals surface area contributed by atoms with Crippen LogP contribution in [0.15, 0.2) is 41.3 Å². The summed E-state index contributed by atoms with van der Waals surface area (Å²) in [6, 6.07) is 4.23. The molecule has 0 aliphatic carbocycles. The van der Waals surface area contributed by atoms with Crippen LogP contribution in [-0.2, 0) is 0 Å². The number of ether oxygens (including phenoxy) is 1. The third-order valence-electron chi connectivity index (χ3n) is 1.66. The van der Waals surface area contributed by atoms with Crippen molar-refractivity contribution in [3.05, 3.63) is 48.4 Å². The lowest BCUT2D eigenvalue weighted by Gasteiger charge is -2.01. The van der Waals surface area contributed by atoms with Crippen LogP contribution in [0.5, 0.6) is 5.75 Å². The predicted molar refractivity (Wildman–Crippen MR) is 47.9 cm³/mol. The van der Waals surface area contributed by atoms with E-state index in [2.05, 4.69) is 4.98 Å². The molecule has 0 radical (unpaired) electrons. The Balaban J connectivity index is 2.17.